The molecule has 4 aliphatic carbocycles. The van der Waals surface area contributed by atoms with Gasteiger partial charge in [-0.25, -0.2) is 4.98 Å². The molecule has 20 heavy (non-hydrogen) atoms. The van der Waals surface area contributed by atoms with E-state index in [1.807, 2.05) is 0 Å². The third kappa shape index (κ3) is 2.11. The summed E-state index contributed by atoms with van der Waals surface area (Å²) in [4.78, 5) is 4.70. The Balaban J connectivity index is 1.51. The molecule has 4 bridgehead atoms. The largest absolute Gasteiger partial charge is 0.446 e. The van der Waals surface area contributed by atoms with Crippen LogP contribution in [0.25, 0.3) is 0 Å². The van der Waals surface area contributed by atoms with Crippen molar-refractivity contribution in [3.63, 3.8) is 0 Å². The quantitative estimate of drug-likeness (QED) is 0.918. The van der Waals surface area contributed by atoms with Crippen molar-refractivity contribution in [1.82, 2.24) is 4.98 Å². The van der Waals surface area contributed by atoms with Crippen molar-refractivity contribution in [2.75, 3.05) is 6.54 Å². The Morgan fingerprint density at radius 2 is 1.75 bits per heavy atom. The molecule has 3 heteroatoms. The van der Waals surface area contributed by atoms with Gasteiger partial charge in [-0.2, -0.15) is 0 Å². The summed E-state index contributed by atoms with van der Waals surface area (Å²) in [5, 5.41) is 0. The first kappa shape index (κ1) is 12.9. The van der Waals surface area contributed by atoms with Gasteiger partial charge in [0.1, 0.15) is 5.76 Å². The second-order valence-electron chi connectivity index (χ2n) is 7.45. The molecule has 0 amide bonds. The normalized spacial score (nSPS) is 38.6. The van der Waals surface area contributed by atoms with Crippen LogP contribution < -0.4 is 5.73 Å². The number of aryl methyl sites for hydroxylation is 1. The molecule has 0 atom stereocenters. The van der Waals surface area contributed by atoms with E-state index in [-0.39, 0.29) is 0 Å². The van der Waals surface area contributed by atoms with Crippen molar-refractivity contribution < 1.29 is 4.42 Å². The average molecular weight is 274 g/mol. The fourth-order valence-electron chi connectivity index (χ4n) is 5.50. The lowest BCUT2D eigenvalue weighted by molar-refractivity contribution is -0.0364. The van der Waals surface area contributed by atoms with Crippen LogP contribution in [-0.4, -0.2) is 11.5 Å². The molecular formula is C17H26N2O. The summed E-state index contributed by atoms with van der Waals surface area (Å²) in [7, 11) is 0. The predicted octanol–water partition coefficient (Wildman–Crippen LogP) is 3.10. The summed E-state index contributed by atoms with van der Waals surface area (Å²) < 4.78 is 5.76. The number of aromatic nitrogens is 1. The molecule has 4 fully saturated rings. The number of nitrogens with zero attached hydrogens (tertiary/aromatic N) is 1. The third-order valence-electron chi connectivity index (χ3n) is 6.15. The zero-order chi connectivity index (χ0) is 13.7. The molecule has 0 unspecified atom stereocenters. The molecule has 4 saturated carbocycles. The Morgan fingerprint density at radius 3 is 2.35 bits per heavy atom. The second kappa shape index (κ2) is 4.87. The van der Waals surface area contributed by atoms with E-state index in [9.17, 15) is 0 Å². The number of oxazole rings is 1. The Morgan fingerprint density at radius 1 is 1.10 bits per heavy atom. The van der Waals surface area contributed by atoms with Gasteiger partial charge in [-0.3, -0.25) is 0 Å². The molecule has 5 rings (SSSR count). The molecule has 4 aliphatic rings. The van der Waals surface area contributed by atoms with Crippen molar-refractivity contribution in [2.45, 2.75) is 51.9 Å². The highest BCUT2D eigenvalue weighted by Crippen LogP contribution is 2.57. The van der Waals surface area contributed by atoms with Crippen LogP contribution in [0.3, 0.4) is 0 Å². The van der Waals surface area contributed by atoms with Gasteiger partial charge in [0.2, 0.25) is 0 Å². The van der Waals surface area contributed by atoms with Gasteiger partial charge in [-0.1, -0.05) is 0 Å². The highest BCUT2D eigenvalue weighted by atomic mass is 16.4. The van der Waals surface area contributed by atoms with Crippen molar-refractivity contribution in [1.29, 1.82) is 0 Å². The first-order chi connectivity index (χ1) is 9.72. The van der Waals surface area contributed by atoms with Crippen molar-refractivity contribution in [3.05, 3.63) is 17.3 Å². The zero-order valence-corrected chi connectivity index (χ0v) is 12.5. The number of hydrogen-bond acceptors (Lipinski definition) is 3. The molecule has 1 aromatic rings. The smallest absolute Gasteiger partial charge is 0.195 e. The van der Waals surface area contributed by atoms with Crippen LogP contribution in [0.1, 0.15) is 49.4 Å². The lowest BCUT2D eigenvalue weighted by Gasteiger charge is -2.54. The summed E-state index contributed by atoms with van der Waals surface area (Å²) in [5.41, 5.74) is 6.81. The van der Waals surface area contributed by atoms with Crippen molar-refractivity contribution in [3.8, 4) is 0 Å². The highest BCUT2D eigenvalue weighted by molar-refractivity contribution is 5.12. The molecule has 0 saturated heterocycles. The fraction of sp³-hybridized carbons (Fsp3) is 0.824. The Kier molecular flexibility index (Phi) is 3.13. The van der Waals surface area contributed by atoms with Gasteiger partial charge in [-0.05, 0) is 75.0 Å². The number of nitrogens with two attached hydrogens (primary N) is 1. The van der Waals surface area contributed by atoms with Crippen molar-refractivity contribution >= 4 is 0 Å². The van der Waals surface area contributed by atoms with Gasteiger partial charge in [-0.15, -0.1) is 0 Å². The molecule has 1 aromatic heterocycles. The van der Waals surface area contributed by atoms with Gasteiger partial charge in [0.05, 0.1) is 5.69 Å². The molecule has 0 radical (unpaired) electrons. The minimum absolute atomic E-state index is 0.622. The Bertz CT molecular complexity index is 465. The maximum absolute atomic E-state index is 5.76. The minimum atomic E-state index is 0.622. The van der Waals surface area contributed by atoms with Crippen LogP contribution in [-0.2, 0) is 12.8 Å². The lowest BCUT2D eigenvalue weighted by Crippen LogP contribution is -2.45. The van der Waals surface area contributed by atoms with Gasteiger partial charge in [0.15, 0.2) is 5.89 Å². The first-order valence-corrected chi connectivity index (χ1v) is 8.38. The van der Waals surface area contributed by atoms with Crippen molar-refractivity contribution in [2.24, 2.45) is 35.3 Å². The van der Waals surface area contributed by atoms with Gasteiger partial charge in [0, 0.05) is 13.0 Å². The van der Waals surface area contributed by atoms with Crippen LogP contribution in [0.4, 0.5) is 0 Å². The Labute approximate surface area is 121 Å². The Hall–Kier alpha value is -0.830. The average Bonchev–Trinajstić information content (AvgIpc) is 2.74. The summed E-state index contributed by atoms with van der Waals surface area (Å²) in [6, 6.07) is 0. The maximum Gasteiger partial charge on any atom is 0.195 e. The molecule has 0 spiro atoms. The van der Waals surface area contributed by atoms with E-state index in [1.54, 1.807) is 0 Å². The molecule has 1 heterocycles. The monoisotopic (exact) mass is 274 g/mol. The minimum Gasteiger partial charge on any atom is -0.446 e. The molecule has 110 valence electrons. The molecule has 2 N–H and O–H groups in total. The summed E-state index contributed by atoms with van der Waals surface area (Å²) in [6.07, 6.45) is 9.41. The van der Waals surface area contributed by atoms with E-state index in [1.165, 1.54) is 37.8 Å². The van der Waals surface area contributed by atoms with Gasteiger partial charge < -0.3 is 10.2 Å². The van der Waals surface area contributed by atoms with Crippen LogP contribution >= 0.6 is 0 Å². The SMILES string of the molecule is Cc1oc(CCN)nc1CC1C2CC3CC(C2)CC1C3. The summed E-state index contributed by atoms with van der Waals surface area (Å²) in [5.74, 6) is 6.80. The van der Waals surface area contributed by atoms with E-state index in [0.29, 0.717) is 6.54 Å². The topological polar surface area (TPSA) is 52.0 Å². The van der Waals surface area contributed by atoms with Crippen LogP contribution in [0.5, 0.6) is 0 Å². The van der Waals surface area contributed by atoms with Gasteiger partial charge >= 0.3 is 0 Å². The predicted molar refractivity (Wildman–Crippen MR) is 78.2 cm³/mol. The van der Waals surface area contributed by atoms with Crippen LogP contribution in [0, 0.1) is 36.5 Å². The van der Waals surface area contributed by atoms with Crippen LogP contribution in [0.15, 0.2) is 4.42 Å². The maximum atomic E-state index is 5.76. The molecule has 0 aliphatic heterocycles. The lowest BCUT2D eigenvalue weighted by atomic mass is 9.51. The summed E-state index contributed by atoms with van der Waals surface area (Å²) >= 11 is 0. The first-order valence-electron chi connectivity index (χ1n) is 8.38. The third-order valence-corrected chi connectivity index (χ3v) is 6.15. The number of hydrogen-bond donors (Lipinski definition) is 1. The van der Waals surface area contributed by atoms with Crippen LogP contribution in [0.2, 0.25) is 0 Å². The molecule has 0 aromatic carbocycles. The molecule has 3 nitrogen and oxygen atoms in total. The zero-order valence-electron chi connectivity index (χ0n) is 12.5. The summed E-state index contributed by atoms with van der Waals surface area (Å²) in [6.45, 7) is 2.69. The van der Waals surface area contributed by atoms with E-state index < -0.39 is 0 Å². The second-order valence-corrected chi connectivity index (χ2v) is 7.45. The number of rotatable bonds is 4. The van der Waals surface area contributed by atoms with E-state index >= 15 is 0 Å². The highest BCUT2D eigenvalue weighted by Gasteiger charge is 2.48. The van der Waals surface area contributed by atoms with E-state index in [4.69, 9.17) is 15.1 Å². The fourth-order valence-corrected chi connectivity index (χ4v) is 5.50. The standard InChI is InChI=1S/C17H26N2O/c1-10-16(19-17(20-10)2-3-18)9-15-13-5-11-4-12(7-13)8-14(15)6-11/h11-15H,2-9,18H2,1H3. The van der Waals surface area contributed by atoms with E-state index in [2.05, 4.69) is 6.92 Å². The van der Waals surface area contributed by atoms with E-state index in [0.717, 1.165) is 54.1 Å². The molecular weight excluding hydrogens is 248 g/mol. The van der Waals surface area contributed by atoms with Gasteiger partial charge in [0.25, 0.3) is 0 Å².